The minimum absolute atomic E-state index is 0.0789. The Balaban J connectivity index is 1.75. The number of anilines is 1. The molecule has 0 saturated heterocycles. The van der Waals surface area contributed by atoms with Crippen LogP contribution in [0.1, 0.15) is 6.42 Å². The van der Waals surface area contributed by atoms with Gasteiger partial charge in [0.25, 0.3) is 0 Å². The SMILES string of the molecule is COc1cc(NC(=O)CCn2c(=O)sc3ccccc32)c(OC)cc1Cl. The number of nitrogens with one attached hydrogen (secondary N) is 1. The van der Waals surface area contributed by atoms with Crippen LogP contribution in [-0.4, -0.2) is 24.7 Å². The van der Waals surface area contributed by atoms with E-state index in [4.69, 9.17) is 21.1 Å². The van der Waals surface area contributed by atoms with Gasteiger partial charge >= 0.3 is 4.87 Å². The lowest BCUT2D eigenvalue weighted by Gasteiger charge is -2.13. The second-order valence-electron chi connectivity index (χ2n) is 5.47. The molecule has 0 aliphatic rings. The number of rotatable bonds is 6. The maximum absolute atomic E-state index is 12.4. The van der Waals surface area contributed by atoms with Gasteiger partial charge in [0, 0.05) is 25.1 Å². The number of nitrogens with zero attached hydrogens (tertiary/aromatic N) is 1. The molecule has 0 aliphatic heterocycles. The Morgan fingerprint density at radius 2 is 1.92 bits per heavy atom. The second-order valence-corrected chi connectivity index (χ2v) is 6.87. The fraction of sp³-hybridized carbons (Fsp3) is 0.222. The Morgan fingerprint density at radius 3 is 2.65 bits per heavy atom. The van der Waals surface area contributed by atoms with E-state index in [-0.39, 0.29) is 17.2 Å². The molecule has 0 aliphatic carbocycles. The topological polar surface area (TPSA) is 69.6 Å². The van der Waals surface area contributed by atoms with Crippen molar-refractivity contribution in [3.63, 3.8) is 0 Å². The normalized spacial score (nSPS) is 10.7. The van der Waals surface area contributed by atoms with Crippen molar-refractivity contribution >= 4 is 44.7 Å². The van der Waals surface area contributed by atoms with Gasteiger partial charge in [-0.25, -0.2) is 0 Å². The molecule has 1 heterocycles. The minimum Gasteiger partial charge on any atom is -0.495 e. The predicted octanol–water partition coefficient (Wildman–Crippen LogP) is 3.76. The zero-order valence-corrected chi connectivity index (χ0v) is 15.8. The molecule has 2 aromatic carbocycles. The molecule has 26 heavy (non-hydrogen) atoms. The van der Waals surface area contributed by atoms with Gasteiger partial charge in [-0.05, 0) is 12.1 Å². The fourth-order valence-electron chi connectivity index (χ4n) is 2.61. The first-order chi connectivity index (χ1) is 12.5. The number of ether oxygens (including phenoxy) is 2. The highest BCUT2D eigenvalue weighted by Gasteiger charge is 2.14. The summed E-state index contributed by atoms with van der Waals surface area (Å²) in [5.74, 6) is 0.625. The lowest BCUT2D eigenvalue weighted by atomic mass is 10.2. The molecule has 3 rings (SSSR count). The number of para-hydroxylation sites is 1. The first-order valence-corrected chi connectivity index (χ1v) is 9.02. The molecule has 136 valence electrons. The zero-order chi connectivity index (χ0) is 18.7. The quantitative estimate of drug-likeness (QED) is 0.693. The second kappa shape index (κ2) is 7.80. The van der Waals surface area contributed by atoms with Crippen LogP contribution in [-0.2, 0) is 11.3 Å². The number of amides is 1. The summed E-state index contributed by atoms with van der Waals surface area (Å²) in [6.07, 6.45) is 0.148. The molecular weight excluding hydrogens is 376 g/mol. The minimum atomic E-state index is -0.241. The molecule has 0 atom stereocenters. The number of hydrogen-bond donors (Lipinski definition) is 1. The van der Waals surface area contributed by atoms with Gasteiger partial charge in [-0.1, -0.05) is 35.1 Å². The van der Waals surface area contributed by atoms with Gasteiger partial charge in [0.1, 0.15) is 11.5 Å². The van der Waals surface area contributed by atoms with Crippen LogP contribution in [0.2, 0.25) is 5.02 Å². The van der Waals surface area contributed by atoms with Gasteiger partial charge in [-0.3, -0.25) is 14.2 Å². The van der Waals surface area contributed by atoms with E-state index in [1.165, 1.54) is 25.6 Å². The summed E-state index contributed by atoms with van der Waals surface area (Å²) in [4.78, 5) is 24.4. The third-order valence-corrected chi connectivity index (χ3v) is 5.14. The van der Waals surface area contributed by atoms with Crippen LogP contribution in [0.25, 0.3) is 10.2 Å². The molecule has 1 amide bonds. The van der Waals surface area contributed by atoms with Crippen molar-refractivity contribution in [3.8, 4) is 11.5 Å². The lowest BCUT2D eigenvalue weighted by molar-refractivity contribution is -0.116. The van der Waals surface area contributed by atoms with Gasteiger partial charge in [-0.15, -0.1) is 0 Å². The summed E-state index contributed by atoms with van der Waals surface area (Å²) < 4.78 is 12.9. The Hall–Kier alpha value is -2.51. The summed E-state index contributed by atoms with van der Waals surface area (Å²) >= 11 is 7.24. The summed E-state index contributed by atoms with van der Waals surface area (Å²) in [5, 5.41) is 3.17. The first-order valence-electron chi connectivity index (χ1n) is 7.83. The summed E-state index contributed by atoms with van der Waals surface area (Å²) in [5.41, 5.74) is 1.29. The number of carbonyl (C=O) groups excluding carboxylic acids is 1. The van der Waals surface area contributed by atoms with Gasteiger partial charge in [-0.2, -0.15) is 0 Å². The standard InChI is InChI=1S/C18H17ClN2O4S/c1-24-14-10-12(15(25-2)9-11(14)19)20-17(22)7-8-21-13-5-3-4-6-16(13)26-18(21)23/h3-6,9-10H,7-8H2,1-2H3,(H,20,22). The van der Waals surface area contributed by atoms with E-state index in [0.29, 0.717) is 28.8 Å². The molecule has 0 bridgehead atoms. The maximum atomic E-state index is 12.4. The van der Waals surface area contributed by atoms with E-state index in [2.05, 4.69) is 5.32 Å². The summed E-state index contributed by atoms with van der Waals surface area (Å²) in [6.45, 7) is 0.293. The van der Waals surface area contributed by atoms with Crippen molar-refractivity contribution in [2.24, 2.45) is 0 Å². The number of aromatic nitrogens is 1. The number of halogens is 1. The highest BCUT2D eigenvalue weighted by molar-refractivity contribution is 7.16. The molecule has 0 saturated carbocycles. The first kappa shape index (κ1) is 18.3. The lowest BCUT2D eigenvalue weighted by Crippen LogP contribution is -2.19. The monoisotopic (exact) mass is 392 g/mol. The zero-order valence-electron chi connectivity index (χ0n) is 14.2. The van der Waals surface area contributed by atoms with Crippen LogP contribution in [0.3, 0.4) is 0 Å². The fourth-order valence-corrected chi connectivity index (χ4v) is 3.76. The van der Waals surface area contributed by atoms with Gasteiger partial charge in [0.15, 0.2) is 0 Å². The highest BCUT2D eigenvalue weighted by atomic mass is 35.5. The average Bonchev–Trinajstić information content (AvgIpc) is 2.96. The van der Waals surface area contributed by atoms with Crippen molar-refractivity contribution in [2.45, 2.75) is 13.0 Å². The molecule has 6 nitrogen and oxygen atoms in total. The van der Waals surface area contributed by atoms with E-state index in [1.54, 1.807) is 16.7 Å². The van der Waals surface area contributed by atoms with Crippen molar-refractivity contribution < 1.29 is 14.3 Å². The van der Waals surface area contributed by atoms with Gasteiger partial charge < -0.3 is 14.8 Å². The number of fused-ring (bicyclic) bond motifs is 1. The number of methoxy groups -OCH3 is 2. The number of aryl methyl sites for hydroxylation is 1. The Kier molecular flexibility index (Phi) is 5.49. The van der Waals surface area contributed by atoms with Crippen LogP contribution in [0.5, 0.6) is 11.5 Å². The third kappa shape index (κ3) is 3.68. The van der Waals surface area contributed by atoms with Crippen LogP contribution in [0, 0.1) is 0 Å². The molecule has 0 fully saturated rings. The Labute approximate surface area is 158 Å². The molecule has 0 radical (unpaired) electrons. The number of benzene rings is 2. The van der Waals surface area contributed by atoms with Crippen LogP contribution in [0.15, 0.2) is 41.2 Å². The molecule has 3 aromatic rings. The van der Waals surface area contributed by atoms with Crippen molar-refractivity contribution in [2.75, 3.05) is 19.5 Å². The summed E-state index contributed by atoms with van der Waals surface area (Å²) in [7, 11) is 2.98. The van der Waals surface area contributed by atoms with E-state index in [0.717, 1.165) is 10.2 Å². The van der Waals surface area contributed by atoms with Crippen molar-refractivity contribution in [3.05, 3.63) is 51.1 Å². The predicted molar refractivity (Wildman–Crippen MR) is 104 cm³/mol. The van der Waals surface area contributed by atoms with Gasteiger partial charge in [0.2, 0.25) is 5.91 Å². The van der Waals surface area contributed by atoms with Crippen LogP contribution >= 0.6 is 22.9 Å². The largest absolute Gasteiger partial charge is 0.495 e. The van der Waals surface area contributed by atoms with Gasteiger partial charge in [0.05, 0.1) is 35.1 Å². The van der Waals surface area contributed by atoms with Crippen LogP contribution in [0.4, 0.5) is 5.69 Å². The van der Waals surface area contributed by atoms with Crippen molar-refractivity contribution in [1.29, 1.82) is 0 Å². The Morgan fingerprint density at radius 1 is 1.19 bits per heavy atom. The number of carbonyl (C=O) groups is 1. The molecule has 0 unspecified atom stereocenters. The van der Waals surface area contributed by atoms with Crippen molar-refractivity contribution in [1.82, 2.24) is 4.57 Å². The Bertz CT molecular complexity index is 1010. The molecule has 1 N–H and O–H groups in total. The molecule has 0 spiro atoms. The molecular formula is C18H17ClN2O4S. The van der Waals surface area contributed by atoms with Crippen LogP contribution < -0.4 is 19.7 Å². The molecule has 8 heteroatoms. The smallest absolute Gasteiger partial charge is 0.308 e. The van der Waals surface area contributed by atoms with E-state index < -0.39 is 0 Å². The number of thiazole rings is 1. The highest BCUT2D eigenvalue weighted by Crippen LogP contribution is 2.35. The molecule has 1 aromatic heterocycles. The third-order valence-electron chi connectivity index (χ3n) is 3.88. The van der Waals surface area contributed by atoms with E-state index >= 15 is 0 Å². The number of hydrogen-bond acceptors (Lipinski definition) is 5. The maximum Gasteiger partial charge on any atom is 0.308 e. The average molecular weight is 393 g/mol. The summed E-state index contributed by atoms with van der Waals surface area (Å²) in [6, 6.07) is 10.7. The van der Waals surface area contributed by atoms with E-state index in [9.17, 15) is 9.59 Å². The van der Waals surface area contributed by atoms with E-state index in [1.807, 2.05) is 24.3 Å².